The third-order valence-corrected chi connectivity index (χ3v) is 6.54. The van der Waals surface area contributed by atoms with Gasteiger partial charge >= 0.3 is 0 Å². The first-order valence-corrected chi connectivity index (χ1v) is 11.6. The van der Waals surface area contributed by atoms with Crippen LogP contribution in [0.1, 0.15) is 21.5 Å². The van der Waals surface area contributed by atoms with Crippen molar-refractivity contribution in [3.63, 3.8) is 0 Å². The average Bonchev–Trinajstić information content (AvgIpc) is 3.24. The number of hydrogen-bond donors (Lipinski definition) is 0. The third kappa shape index (κ3) is 4.22. The summed E-state index contributed by atoms with van der Waals surface area (Å²) < 4.78 is 7.37. The second-order valence-corrected chi connectivity index (χ2v) is 9.28. The van der Waals surface area contributed by atoms with Crippen molar-refractivity contribution < 1.29 is 9.21 Å². The Morgan fingerprint density at radius 2 is 1.91 bits per heavy atom. The Morgan fingerprint density at radius 3 is 2.73 bits per heavy atom. The van der Waals surface area contributed by atoms with E-state index in [1.165, 1.54) is 28.8 Å². The summed E-state index contributed by atoms with van der Waals surface area (Å²) in [6.07, 6.45) is 2.69. The Labute approximate surface area is 200 Å². The highest BCUT2D eigenvalue weighted by Crippen LogP contribution is 2.31. The van der Waals surface area contributed by atoms with Crippen molar-refractivity contribution in [3.8, 4) is 0 Å². The van der Waals surface area contributed by atoms with Gasteiger partial charge in [0.1, 0.15) is 11.8 Å². The van der Waals surface area contributed by atoms with Gasteiger partial charge in [-0.1, -0.05) is 45.5 Å². The number of benzene rings is 3. The van der Waals surface area contributed by atoms with E-state index < -0.39 is 0 Å². The SMILES string of the molecule is Cc1ccc2nc(N(/N=C/c3coc4ccccc4c3=O)C(=O)c3ccc(Br)cc3)sc2c1. The van der Waals surface area contributed by atoms with Gasteiger partial charge in [-0.15, -0.1) is 0 Å². The lowest BCUT2D eigenvalue weighted by Gasteiger charge is -2.13. The molecule has 0 aliphatic heterocycles. The largest absolute Gasteiger partial charge is 0.463 e. The van der Waals surface area contributed by atoms with Crippen molar-refractivity contribution >= 4 is 65.7 Å². The number of aromatic nitrogens is 1. The Hall–Kier alpha value is -3.62. The molecule has 33 heavy (non-hydrogen) atoms. The van der Waals surface area contributed by atoms with E-state index in [0.29, 0.717) is 21.7 Å². The van der Waals surface area contributed by atoms with Crippen LogP contribution in [0.2, 0.25) is 0 Å². The fourth-order valence-corrected chi connectivity index (χ4v) is 4.60. The number of thiazole rings is 1. The molecule has 1 amide bonds. The normalized spacial score (nSPS) is 11.5. The lowest BCUT2D eigenvalue weighted by Crippen LogP contribution is -2.26. The smallest absolute Gasteiger partial charge is 0.280 e. The van der Waals surface area contributed by atoms with Crippen LogP contribution in [0.4, 0.5) is 5.13 Å². The number of hydrogen-bond acceptors (Lipinski definition) is 6. The van der Waals surface area contributed by atoms with E-state index in [-0.39, 0.29) is 16.9 Å². The third-order valence-electron chi connectivity index (χ3n) is 5.02. The highest BCUT2D eigenvalue weighted by Gasteiger charge is 2.21. The number of para-hydroxylation sites is 1. The number of nitrogens with zero attached hydrogens (tertiary/aromatic N) is 3. The van der Waals surface area contributed by atoms with E-state index in [4.69, 9.17) is 4.42 Å². The molecule has 5 aromatic rings. The van der Waals surface area contributed by atoms with Crippen LogP contribution in [0, 0.1) is 6.92 Å². The first kappa shape index (κ1) is 21.2. The maximum atomic E-state index is 13.4. The van der Waals surface area contributed by atoms with Crippen LogP contribution in [0.5, 0.6) is 0 Å². The van der Waals surface area contributed by atoms with Gasteiger partial charge in [-0.25, -0.2) is 4.98 Å². The summed E-state index contributed by atoms with van der Waals surface area (Å²) in [4.78, 5) is 30.8. The van der Waals surface area contributed by atoms with E-state index in [2.05, 4.69) is 26.0 Å². The predicted molar refractivity (Wildman–Crippen MR) is 135 cm³/mol. The van der Waals surface area contributed by atoms with E-state index >= 15 is 0 Å². The minimum atomic E-state index is -0.361. The van der Waals surface area contributed by atoms with Gasteiger partial charge in [-0.3, -0.25) is 9.59 Å². The molecule has 0 aliphatic carbocycles. The molecule has 0 aliphatic rings. The fraction of sp³-hybridized carbons (Fsp3) is 0.0400. The summed E-state index contributed by atoms with van der Waals surface area (Å²) >= 11 is 4.74. The molecule has 8 heteroatoms. The summed E-state index contributed by atoms with van der Waals surface area (Å²) in [6.45, 7) is 2.00. The molecule has 0 atom stereocenters. The topological polar surface area (TPSA) is 75.8 Å². The molecular weight excluding hydrogens is 502 g/mol. The summed E-state index contributed by atoms with van der Waals surface area (Å²) in [5, 5.41) is 6.46. The Morgan fingerprint density at radius 1 is 1.12 bits per heavy atom. The zero-order valence-corrected chi connectivity index (χ0v) is 19.8. The molecule has 2 aromatic heterocycles. The second-order valence-electron chi connectivity index (χ2n) is 7.35. The molecule has 0 spiro atoms. The van der Waals surface area contributed by atoms with E-state index in [1.54, 1.807) is 48.5 Å². The Balaban J connectivity index is 1.60. The minimum Gasteiger partial charge on any atom is -0.463 e. The molecule has 5 rings (SSSR count). The molecule has 2 heterocycles. The van der Waals surface area contributed by atoms with Gasteiger partial charge in [0.05, 0.1) is 27.4 Å². The van der Waals surface area contributed by atoms with Crippen LogP contribution in [-0.2, 0) is 0 Å². The van der Waals surface area contributed by atoms with Crippen molar-refractivity contribution in [1.29, 1.82) is 0 Å². The standard InChI is InChI=1S/C25H16BrN3O3S/c1-15-6-11-20-22(12-15)33-25(28-20)29(24(31)16-7-9-18(26)10-8-16)27-13-17-14-32-21-5-3-2-4-19(21)23(17)30/h2-14H,1H3/b27-13+. The number of aryl methyl sites for hydroxylation is 1. The maximum Gasteiger partial charge on any atom is 0.280 e. The van der Waals surface area contributed by atoms with Crippen molar-refractivity contribution in [2.75, 3.05) is 5.01 Å². The first-order valence-electron chi connectivity index (χ1n) is 10.0. The molecule has 0 bridgehead atoms. The minimum absolute atomic E-state index is 0.225. The molecule has 0 saturated heterocycles. The van der Waals surface area contributed by atoms with Gasteiger partial charge in [-0.2, -0.15) is 10.1 Å². The lowest BCUT2D eigenvalue weighted by atomic mass is 10.2. The zero-order valence-electron chi connectivity index (χ0n) is 17.4. The molecule has 6 nitrogen and oxygen atoms in total. The van der Waals surface area contributed by atoms with Gasteiger partial charge in [-0.05, 0) is 61.0 Å². The summed E-state index contributed by atoms with van der Waals surface area (Å²) in [5.74, 6) is -0.361. The van der Waals surface area contributed by atoms with Gasteiger partial charge in [0, 0.05) is 10.0 Å². The van der Waals surface area contributed by atoms with Gasteiger partial charge in [0.2, 0.25) is 10.6 Å². The maximum absolute atomic E-state index is 13.4. The number of hydrazone groups is 1. The number of anilines is 1. The molecule has 0 saturated carbocycles. The van der Waals surface area contributed by atoms with Crippen LogP contribution < -0.4 is 10.4 Å². The van der Waals surface area contributed by atoms with Crippen LogP contribution in [-0.4, -0.2) is 17.1 Å². The molecule has 0 radical (unpaired) electrons. The summed E-state index contributed by atoms with van der Waals surface area (Å²) in [6, 6.07) is 19.9. The molecule has 0 fully saturated rings. The van der Waals surface area contributed by atoms with Crippen LogP contribution in [0.3, 0.4) is 0 Å². The Bertz CT molecular complexity index is 1590. The summed E-state index contributed by atoms with van der Waals surface area (Å²) in [5.41, 5.74) is 2.81. The van der Waals surface area contributed by atoms with Crippen molar-refractivity contribution in [2.45, 2.75) is 6.92 Å². The van der Waals surface area contributed by atoms with Crippen LogP contribution in [0.25, 0.3) is 21.2 Å². The predicted octanol–water partition coefficient (Wildman–Crippen LogP) is 6.15. The van der Waals surface area contributed by atoms with Crippen LogP contribution >= 0.6 is 27.3 Å². The quantitative estimate of drug-likeness (QED) is 0.211. The van der Waals surface area contributed by atoms with Gasteiger partial charge in [0.25, 0.3) is 5.91 Å². The highest BCUT2D eigenvalue weighted by atomic mass is 79.9. The fourth-order valence-electron chi connectivity index (χ4n) is 3.32. The number of halogens is 1. The number of amides is 1. The van der Waals surface area contributed by atoms with Crippen molar-refractivity contribution in [1.82, 2.24) is 4.98 Å². The molecule has 0 unspecified atom stereocenters. The monoisotopic (exact) mass is 517 g/mol. The second kappa shape index (κ2) is 8.73. The van der Waals surface area contributed by atoms with Gasteiger partial charge in [0.15, 0.2) is 0 Å². The van der Waals surface area contributed by atoms with Crippen molar-refractivity contribution in [2.24, 2.45) is 5.10 Å². The van der Waals surface area contributed by atoms with E-state index in [9.17, 15) is 9.59 Å². The van der Waals surface area contributed by atoms with Crippen LogP contribution in [0.15, 0.2) is 91.8 Å². The average molecular weight is 518 g/mol. The van der Waals surface area contributed by atoms with Crippen molar-refractivity contribution in [3.05, 3.63) is 104 Å². The van der Waals surface area contributed by atoms with E-state index in [0.717, 1.165) is 20.3 Å². The molecular formula is C25H16BrN3O3S. The van der Waals surface area contributed by atoms with E-state index in [1.807, 2.05) is 25.1 Å². The first-order chi connectivity index (χ1) is 16.0. The number of carbonyl (C=O) groups is 1. The number of rotatable bonds is 4. The molecule has 3 aromatic carbocycles. The Kier molecular flexibility index (Phi) is 5.62. The number of fused-ring (bicyclic) bond motifs is 2. The molecule has 162 valence electrons. The lowest BCUT2D eigenvalue weighted by molar-refractivity contribution is 0.0988. The highest BCUT2D eigenvalue weighted by molar-refractivity contribution is 9.10. The van der Waals surface area contributed by atoms with Gasteiger partial charge < -0.3 is 4.42 Å². The number of carbonyl (C=O) groups excluding carboxylic acids is 1. The molecule has 0 N–H and O–H groups in total. The zero-order chi connectivity index (χ0) is 22.9. The summed E-state index contributed by atoms with van der Waals surface area (Å²) in [7, 11) is 0.